The number of rotatable bonds is 6. The SMILES string of the molecule is NCCC(NC(=O)c1ccc(-c2ccc(C(F)(F)F)cn2)[nH]1)c1nccs1. The van der Waals surface area contributed by atoms with Crippen LogP contribution >= 0.6 is 11.3 Å². The van der Waals surface area contributed by atoms with Crippen molar-refractivity contribution >= 4 is 17.2 Å². The molecule has 0 aromatic carbocycles. The quantitative estimate of drug-likeness (QED) is 0.596. The Morgan fingerprint density at radius 2 is 2.07 bits per heavy atom. The molecule has 3 heterocycles. The summed E-state index contributed by atoms with van der Waals surface area (Å²) in [7, 11) is 0. The fourth-order valence-electron chi connectivity index (χ4n) is 2.46. The molecule has 0 fully saturated rings. The van der Waals surface area contributed by atoms with E-state index in [1.54, 1.807) is 18.3 Å². The lowest BCUT2D eigenvalue weighted by molar-refractivity contribution is -0.137. The third-order valence-corrected chi connectivity index (χ3v) is 4.70. The van der Waals surface area contributed by atoms with Crippen molar-refractivity contribution in [1.82, 2.24) is 20.3 Å². The van der Waals surface area contributed by atoms with E-state index < -0.39 is 11.7 Å². The Balaban J connectivity index is 1.74. The van der Waals surface area contributed by atoms with Gasteiger partial charge in [0.25, 0.3) is 5.91 Å². The number of alkyl halides is 3. The number of carbonyl (C=O) groups is 1. The zero-order valence-corrected chi connectivity index (χ0v) is 14.8. The van der Waals surface area contributed by atoms with Gasteiger partial charge in [-0.15, -0.1) is 11.3 Å². The summed E-state index contributed by atoms with van der Waals surface area (Å²) < 4.78 is 37.9. The number of hydrogen-bond acceptors (Lipinski definition) is 5. The van der Waals surface area contributed by atoms with E-state index in [0.29, 0.717) is 24.4 Å². The fraction of sp³-hybridized carbons (Fsp3) is 0.235. The molecule has 1 unspecified atom stereocenters. The normalized spacial score (nSPS) is 12.7. The van der Waals surface area contributed by atoms with E-state index in [1.807, 2.05) is 5.38 Å². The van der Waals surface area contributed by atoms with Gasteiger partial charge in [-0.1, -0.05) is 0 Å². The van der Waals surface area contributed by atoms with Gasteiger partial charge in [0.05, 0.1) is 23.0 Å². The molecule has 0 radical (unpaired) electrons. The van der Waals surface area contributed by atoms with Crippen LogP contribution in [0.1, 0.15) is 33.5 Å². The number of aromatic amines is 1. The number of aromatic nitrogens is 3. The number of nitrogens with zero attached hydrogens (tertiary/aromatic N) is 2. The van der Waals surface area contributed by atoms with Crippen molar-refractivity contribution in [3.63, 3.8) is 0 Å². The average Bonchev–Trinajstić information content (AvgIpc) is 3.33. The molecule has 0 bridgehead atoms. The number of thiazole rings is 1. The van der Waals surface area contributed by atoms with Crippen molar-refractivity contribution < 1.29 is 18.0 Å². The largest absolute Gasteiger partial charge is 0.417 e. The Labute approximate surface area is 156 Å². The highest BCUT2D eigenvalue weighted by molar-refractivity contribution is 7.09. The Hall–Kier alpha value is -2.72. The van der Waals surface area contributed by atoms with Crippen molar-refractivity contribution in [3.05, 3.63) is 58.3 Å². The second-order valence-corrected chi connectivity index (χ2v) is 6.62. The van der Waals surface area contributed by atoms with Crippen LogP contribution in [0.5, 0.6) is 0 Å². The number of pyridine rings is 1. The van der Waals surface area contributed by atoms with Gasteiger partial charge in [-0.2, -0.15) is 13.2 Å². The van der Waals surface area contributed by atoms with Crippen LogP contribution in [-0.4, -0.2) is 27.4 Å². The van der Waals surface area contributed by atoms with Gasteiger partial charge in [-0.25, -0.2) is 4.98 Å². The average molecular weight is 395 g/mol. The third-order valence-electron chi connectivity index (χ3n) is 3.81. The second kappa shape index (κ2) is 7.89. The number of amides is 1. The summed E-state index contributed by atoms with van der Waals surface area (Å²) in [6, 6.07) is 5.03. The lowest BCUT2D eigenvalue weighted by atomic mass is 10.2. The topological polar surface area (TPSA) is 96.7 Å². The van der Waals surface area contributed by atoms with E-state index in [4.69, 9.17) is 5.73 Å². The molecule has 0 saturated heterocycles. The van der Waals surface area contributed by atoms with E-state index in [2.05, 4.69) is 20.3 Å². The maximum Gasteiger partial charge on any atom is 0.417 e. The summed E-state index contributed by atoms with van der Waals surface area (Å²) >= 11 is 1.42. The molecule has 10 heteroatoms. The Bertz CT molecular complexity index is 890. The summed E-state index contributed by atoms with van der Waals surface area (Å²) in [4.78, 5) is 23.4. The number of nitrogens with two attached hydrogens (primary N) is 1. The standard InChI is InChI=1S/C17H16F3N5OS/c18-17(19,20)10-1-2-11(23-9-10)12-3-4-13(24-12)15(26)25-14(5-6-21)16-22-7-8-27-16/h1-4,7-9,14,24H,5-6,21H2,(H,25,26). The van der Waals surface area contributed by atoms with Crippen molar-refractivity contribution in [2.45, 2.75) is 18.6 Å². The Morgan fingerprint density at radius 1 is 1.26 bits per heavy atom. The predicted octanol–water partition coefficient (Wildman–Crippen LogP) is 3.37. The van der Waals surface area contributed by atoms with E-state index in [9.17, 15) is 18.0 Å². The van der Waals surface area contributed by atoms with Crippen LogP contribution in [0.15, 0.2) is 42.0 Å². The highest BCUT2D eigenvalue weighted by Gasteiger charge is 2.30. The molecule has 4 N–H and O–H groups in total. The van der Waals surface area contributed by atoms with Crippen molar-refractivity contribution in [2.24, 2.45) is 5.73 Å². The minimum atomic E-state index is -4.44. The molecule has 3 aromatic rings. The molecular weight excluding hydrogens is 379 g/mol. The van der Waals surface area contributed by atoms with Gasteiger partial charge < -0.3 is 16.0 Å². The maximum atomic E-state index is 12.6. The van der Waals surface area contributed by atoms with Gasteiger partial charge in [0, 0.05) is 17.8 Å². The number of carbonyl (C=O) groups excluding carboxylic acids is 1. The van der Waals surface area contributed by atoms with Gasteiger partial charge in [-0.3, -0.25) is 9.78 Å². The first-order valence-electron chi connectivity index (χ1n) is 8.01. The smallest absolute Gasteiger partial charge is 0.349 e. The zero-order chi connectivity index (χ0) is 19.4. The molecule has 3 rings (SSSR count). The molecule has 0 aliphatic heterocycles. The van der Waals surface area contributed by atoms with Crippen molar-refractivity contribution in [2.75, 3.05) is 6.54 Å². The van der Waals surface area contributed by atoms with Crippen LogP contribution in [0.2, 0.25) is 0 Å². The van der Waals surface area contributed by atoms with Gasteiger partial charge in [0.1, 0.15) is 10.7 Å². The highest BCUT2D eigenvalue weighted by Crippen LogP contribution is 2.29. The lowest BCUT2D eigenvalue weighted by Crippen LogP contribution is -2.30. The number of nitrogens with one attached hydrogen (secondary N) is 2. The molecule has 142 valence electrons. The van der Waals surface area contributed by atoms with E-state index >= 15 is 0 Å². The minimum absolute atomic E-state index is 0.269. The van der Waals surface area contributed by atoms with Crippen molar-refractivity contribution in [1.29, 1.82) is 0 Å². The Morgan fingerprint density at radius 3 is 2.67 bits per heavy atom. The molecule has 6 nitrogen and oxygen atoms in total. The maximum absolute atomic E-state index is 12.6. The molecular formula is C17H16F3N5OS. The summed E-state index contributed by atoms with van der Waals surface area (Å²) in [6.45, 7) is 0.385. The number of halogens is 3. The summed E-state index contributed by atoms with van der Waals surface area (Å²) in [5.41, 5.74) is 5.79. The number of H-pyrrole nitrogens is 1. The molecule has 0 aliphatic carbocycles. The first-order chi connectivity index (χ1) is 12.9. The van der Waals surface area contributed by atoms with Crippen LogP contribution in [0, 0.1) is 0 Å². The first kappa shape index (κ1) is 19.1. The Kier molecular flexibility index (Phi) is 5.57. The van der Waals surface area contributed by atoms with E-state index in [0.717, 1.165) is 17.3 Å². The first-order valence-corrected chi connectivity index (χ1v) is 8.89. The third kappa shape index (κ3) is 4.52. The molecule has 1 amide bonds. The van der Waals surface area contributed by atoms with Crippen LogP contribution in [-0.2, 0) is 6.18 Å². The highest BCUT2D eigenvalue weighted by atomic mass is 32.1. The van der Waals surface area contributed by atoms with Gasteiger partial charge in [0.15, 0.2) is 0 Å². The summed E-state index contributed by atoms with van der Waals surface area (Å²) in [5.74, 6) is -0.359. The molecule has 3 aromatic heterocycles. The molecule has 0 spiro atoms. The molecule has 0 aliphatic rings. The van der Waals surface area contributed by atoms with Crippen LogP contribution in [0.25, 0.3) is 11.4 Å². The number of hydrogen-bond donors (Lipinski definition) is 3. The van der Waals surface area contributed by atoms with Crippen LogP contribution < -0.4 is 11.1 Å². The van der Waals surface area contributed by atoms with Gasteiger partial charge in [0.2, 0.25) is 0 Å². The monoisotopic (exact) mass is 395 g/mol. The molecule has 1 atom stereocenters. The fourth-order valence-corrected chi connectivity index (χ4v) is 3.19. The van der Waals surface area contributed by atoms with Crippen molar-refractivity contribution in [3.8, 4) is 11.4 Å². The van der Waals surface area contributed by atoms with E-state index in [1.165, 1.54) is 17.4 Å². The van der Waals surface area contributed by atoms with E-state index in [-0.39, 0.29) is 17.6 Å². The minimum Gasteiger partial charge on any atom is -0.349 e. The predicted molar refractivity (Wildman–Crippen MR) is 95.0 cm³/mol. The van der Waals surface area contributed by atoms with Crippen LogP contribution in [0.3, 0.4) is 0 Å². The van der Waals surface area contributed by atoms with Gasteiger partial charge in [-0.05, 0) is 37.2 Å². The van der Waals surface area contributed by atoms with Gasteiger partial charge >= 0.3 is 6.18 Å². The molecule has 0 saturated carbocycles. The zero-order valence-electron chi connectivity index (χ0n) is 14.0. The molecule has 27 heavy (non-hydrogen) atoms. The summed E-state index contributed by atoms with van der Waals surface area (Å²) in [5, 5.41) is 5.43. The lowest BCUT2D eigenvalue weighted by Gasteiger charge is -2.15. The van der Waals surface area contributed by atoms with Crippen LogP contribution in [0.4, 0.5) is 13.2 Å². The second-order valence-electron chi connectivity index (χ2n) is 5.69. The summed E-state index contributed by atoms with van der Waals surface area (Å²) in [6.07, 6.45) is -1.50.